The number of non-ortho nitro benzene ring substituents is 1. The number of hydrogen-bond donors (Lipinski definition) is 0. The summed E-state index contributed by atoms with van der Waals surface area (Å²) < 4.78 is 0. The van der Waals surface area contributed by atoms with Gasteiger partial charge in [0.1, 0.15) is 6.04 Å². The van der Waals surface area contributed by atoms with E-state index >= 15 is 0 Å². The zero-order valence-corrected chi connectivity index (χ0v) is 19.3. The quantitative estimate of drug-likeness (QED) is 0.394. The van der Waals surface area contributed by atoms with Gasteiger partial charge in [0.15, 0.2) is 5.78 Å². The minimum atomic E-state index is -0.901. The third kappa shape index (κ3) is 2.99. The van der Waals surface area contributed by atoms with Gasteiger partial charge < -0.3 is 0 Å². The van der Waals surface area contributed by atoms with Crippen molar-refractivity contribution in [1.82, 2.24) is 5.01 Å². The molecule has 2 aromatic carbocycles. The third-order valence-electron chi connectivity index (χ3n) is 6.93. The summed E-state index contributed by atoms with van der Waals surface area (Å²) in [6.07, 6.45) is 1.67. The van der Waals surface area contributed by atoms with E-state index in [9.17, 15) is 24.5 Å². The Bertz CT molecular complexity index is 1290. The van der Waals surface area contributed by atoms with Gasteiger partial charge in [-0.15, -0.1) is 0 Å². The summed E-state index contributed by atoms with van der Waals surface area (Å²) >= 11 is 0. The summed E-state index contributed by atoms with van der Waals surface area (Å²) in [6.45, 7) is 7.00. The van der Waals surface area contributed by atoms with Gasteiger partial charge in [-0.25, -0.2) is 4.90 Å². The average Bonchev–Trinajstić information content (AvgIpc) is 3.25. The monoisotopic (exact) mass is 460 g/mol. The van der Waals surface area contributed by atoms with Gasteiger partial charge in [0, 0.05) is 17.5 Å². The van der Waals surface area contributed by atoms with Crippen molar-refractivity contribution in [3.05, 3.63) is 69.3 Å². The molecule has 0 aliphatic carbocycles. The number of carbonyl (C=O) groups is 3. The molecular weight excluding hydrogens is 436 g/mol. The van der Waals surface area contributed by atoms with Crippen LogP contribution in [0.5, 0.6) is 0 Å². The first-order valence-corrected chi connectivity index (χ1v) is 11.1. The SMILES string of the molecule is Cc1cc([N+](=O)[O-])ccc1N1C(=O)[C@@H]2[C@@H](C1=O)[C@@H]1c3ccccc3C=NN1[C@@H]2C(=O)C(C)(C)C. The molecule has 0 N–H and O–H groups in total. The molecule has 4 atom stereocenters. The Morgan fingerprint density at radius 2 is 1.74 bits per heavy atom. The number of imide groups is 1. The highest BCUT2D eigenvalue weighted by molar-refractivity contribution is 6.24. The number of carbonyl (C=O) groups excluding carboxylic acids is 3. The second-order valence-electron chi connectivity index (χ2n) is 10.0. The van der Waals surface area contributed by atoms with Crippen molar-refractivity contribution < 1.29 is 19.3 Å². The largest absolute Gasteiger partial charge is 0.297 e. The number of benzene rings is 2. The van der Waals surface area contributed by atoms with Crippen LogP contribution in [0.1, 0.15) is 43.5 Å². The first kappa shape index (κ1) is 21.9. The summed E-state index contributed by atoms with van der Waals surface area (Å²) in [5.74, 6) is -2.75. The lowest BCUT2D eigenvalue weighted by Gasteiger charge is -2.35. The molecule has 2 fully saturated rings. The third-order valence-corrected chi connectivity index (χ3v) is 6.93. The molecule has 2 amide bonds. The number of amides is 2. The molecule has 3 aliphatic rings. The van der Waals surface area contributed by atoms with E-state index in [1.807, 2.05) is 24.3 Å². The number of fused-ring (bicyclic) bond motifs is 5. The van der Waals surface area contributed by atoms with Gasteiger partial charge in [-0.1, -0.05) is 45.0 Å². The van der Waals surface area contributed by atoms with Gasteiger partial charge in [-0.3, -0.25) is 29.5 Å². The number of aryl methyl sites for hydroxylation is 1. The molecule has 0 saturated carbocycles. The second-order valence-corrected chi connectivity index (χ2v) is 10.0. The summed E-state index contributed by atoms with van der Waals surface area (Å²) in [4.78, 5) is 53.0. The summed E-state index contributed by atoms with van der Waals surface area (Å²) in [5, 5.41) is 17.3. The van der Waals surface area contributed by atoms with Crippen LogP contribution in [-0.4, -0.2) is 39.8 Å². The van der Waals surface area contributed by atoms with E-state index in [1.165, 1.54) is 18.2 Å². The average molecular weight is 460 g/mol. The van der Waals surface area contributed by atoms with Crippen LogP contribution in [0.4, 0.5) is 11.4 Å². The molecule has 3 aliphatic heterocycles. The molecule has 0 aromatic heterocycles. The Hall–Kier alpha value is -3.88. The number of hydrogen-bond acceptors (Lipinski definition) is 7. The minimum Gasteiger partial charge on any atom is -0.297 e. The Labute approximate surface area is 196 Å². The van der Waals surface area contributed by atoms with Gasteiger partial charge >= 0.3 is 0 Å². The van der Waals surface area contributed by atoms with E-state index in [1.54, 1.807) is 38.9 Å². The number of nitrogens with zero attached hydrogens (tertiary/aromatic N) is 4. The Morgan fingerprint density at radius 1 is 1.06 bits per heavy atom. The molecule has 0 bridgehead atoms. The molecule has 2 saturated heterocycles. The zero-order chi connectivity index (χ0) is 24.5. The predicted octanol–water partition coefficient (Wildman–Crippen LogP) is 3.40. The van der Waals surface area contributed by atoms with Crippen LogP contribution in [0.25, 0.3) is 0 Å². The second kappa shape index (κ2) is 7.31. The van der Waals surface area contributed by atoms with Gasteiger partial charge in [-0.05, 0) is 29.7 Å². The number of nitro groups is 1. The smallest absolute Gasteiger partial charge is 0.269 e. The molecule has 174 valence electrons. The molecule has 3 heterocycles. The Kier molecular flexibility index (Phi) is 4.72. The fraction of sp³-hybridized carbons (Fsp3) is 0.360. The standard InChI is InChI=1S/C25H24N4O5/c1-13-11-15(29(33)34)9-10-17(13)27-23(31)18-19(24(27)32)21(22(30)25(2,3)4)28-20(18)16-8-6-5-7-14(16)12-26-28/h5-12,18-21H,1-4H3/t18-,19-,20+,21+/m1/s1. The van der Waals surface area contributed by atoms with Crippen LogP contribution < -0.4 is 4.90 Å². The fourth-order valence-electron chi connectivity index (χ4n) is 5.35. The van der Waals surface area contributed by atoms with E-state index in [0.29, 0.717) is 11.3 Å². The number of anilines is 1. The minimum absolute atomic E-state index is 0.122. The number of nitro benzene ring substituents is 1. The molecule has 5 rings (SSSR count). The lowest BCUT2D eigenvalue weighted by atomic mass is 9.79. The maximum absolute atomic E-state index is 13.8. The van der Waals surface area contributed by atoms with Crippen molar-refractivity contribution >= 4 is 35.2 Å². The number of ketones is 1. The van der Waals surface area contributed by atoms with Crippen molar-refractivity contribution in [2.45, 2.75) is 39.8 Å². The van der Waals surface area contributed by atoms with Crippen molar-refractivity contribution in [2.75, 3.05) is 4.90 Å². The first-order chi connectivity index (χ1) is 16.0. The van der Waals surface area contributed by atoms with Crippen LogP contribution in [0.3, 0.4) is 0 Å². The number of rotatable bonds is 3. The van der Waals surface area contributed by atoms with Gasteiger partial charge in [-0.2, -0.15) is 5.10 Å². The van der Waals surface area contributed by atoms with Crippen molar-refractivity contribution in [3.63, 3.8) is 0 Å². The highest BCUT2D eigenvalue weighted by atomic mass is 16.6. The Balaban J connectivity index is 1.65. The normalized spacial score (nSPS) is 25.3. The van der Waals surface area contributed by atoms with Crippen molar-refractivity contribution in [1.29, 1.82) is 0 Å². The maximum Gasteiger partial charge on any atom is 0.269 e. The molecule has 34 heavy (non-hydrogen) atoms. The van der Waals surface area contributed by atoms with Crippen molar-refractivity contribution in [2.24, 2.45) is 22.4 Å². The zero-order valence-electron chi connectivity index (χ0n) is 19.3. The number of hydrazone groups is 1. The molecule has 9 heteroatoms. The summed E-state index contributed by atoms with van der Waals surface area (Å²) in [6, 6.07) is 10.1. The first-order valence-electron chi connectivity index (χ1n) is 11.1. The topological polar surface area (TPSA) is 113 Å². The van der Waals surface area contributed by atoms with Crippen LogP contribution in [-0.2, 0) is 14.4 Å². The van der Waals surface area contributed by atoms with E-state index in [4.69, 9.17) is 0 Å². The highest BCUT2D eigenvalue weighted by Crippen LogP contribution is 2.53. The molecular formula is C25H24N4O5. The van der Waals surface area contributed by atoms with Crippen LogP contribution >= 0.6 is 0 Å². The van der Waals surface area contributed by atoms with Gasteiger partial charge in [0.05, 0.1) is 34.7 Å². The highest BCUT2D eigenvalue weighted by Gasteiger charge is 2.66. The van der Waals surface area contributed by atoms with E-state index in [-0.39, 0.29) is 11.5 Å². The lowest BCUT2D eigenvalue weighted by Crippen LogP contribution is -2.48. The Morgan fingerprint density at radius 3 is 2.38 bits per heavy atom. The predicted molar refractivity (Wildman–Crippen MR) is 124 cm³/mol. The van der Waals surface area contributed by atoms with E-state index < -0.39 is 46.1 Å². The van der Waals surface area contributed by atoms with Crippen LogP contribution in [0.2, 0.25) is 0 Å². The summed E-state index contributed by atoms with van der Waals surface area (Å²) in [5.41, 5.74) is 1.56. The summed E-state index contributed by atoms with van der Waals surface area (Å²) in [7, 11) is 0. The van der Waals surface area contributed by atoms with Crippen molar-refractivity contribution in [3.8, 4) is 0 Å². The molecule has 0 spiro atoms. The number of Topliss-reactive ketones (excluding diaryl/α,β-unsaturated/α-hetero) is 1. The van der Waals surface area contributed by atoms with Crippen LogP contribution in [0.15, 0.2) is 47.6 Å². The lowest BCUT2D eigenvalue weighted by molar-refractivity contribution is -0.384. The van der Waals surface area contributed by atoms with Gasteiger partial charge in [0.2, 0.25) is 11.8 Å². The van der Waals surface area contributed by atoms with Crippen LogP contribution in [0, 0.1) is 34.3 Å². The maximum atomic E-state index is 13.8. The molecule has 2 aromatic rings. The molecule has 9 nitrogen and oxygen atoms in total. The molecule has 0 radical (unpaired) electrons. The van der Waals surface area contributed by atoms with Gasteiger partial charge in [0.25, 0.3) is 5.69 Å². The van der Waals surface area contributed by atoms with E-state index in [2.05, 4.69) is 5.10 Å². The van der Waals surface area contributed by atoms with E-state index in [0.717, 1.165) is 16.0 Å². The molecule has 0 unspecified atom stereocenters. The fourth-order valence-corrected chi connectivity index (χ4v) is 5.35.